The number of amides is 1. The fourth-order valence-electron chi connectivity index (χ4n) is 2.26. The molecule has 0 aromatic heterocycles. The van der Waals surface area contributed by atoms with Crippen molar-refractivity contribution in [1.29, 1.82) is 0 Å². The molecule has 1 fully saturated rings. The van der Waals surface area contributed by atoms with E-state index >= 15 is 0 Å². The zero-order valence-electron chi connectivity index (χ0n) is 11.2. The fourth-order valence-corrected chi connectivity index (χ4v) is 3.71. The minimum atomic E-state index is -3.34. The van der Waals surface area contributed by atoms with Gasteiger partial charge < -0.3 is 5.32 Å². The van der Waals surface area contributed by atoms with Gasteiger partial charge >= 0.3 is 0 Å². The number of benzene rings is 1. The first-order chi connectivity index (χ1) is 9.44. The molecule has 0 saturated carbocycles. The maximum atomic E-state index is 12.2. The Labute approximate surface area is 124 Å². The summed E-state index contributed by atoms with van der Waals surface area (Å²) in [6.45, 7) is 2.00. The molecule has 0 unspecified atom stereocenters. The van der Waals surface area contributed by atoms with Gasteiger partial charge in [-0.1, -0.05) is 11.6 Å². The zero-order chi connectivity index (χ0) is 14.8. The van der Waals surface area contributed by atoms with Gasteiger partial charge in [-0.2, -0.15) is 4.31 Å². The standard InChI is InChI=1S/C13H17ClN2O3S/c1-2-20(18,19)16-9-3-4-12(16)13(17)15-11-7-5-10(14)6-8-11/h5-8,12H,2-4,9H2,1H3,(H,15,17)/t12-/m1/s1. The molecule has 7 heteroatoms. The summed E-state index contributed by atoms with van der Waals surface area (Å²) in [7, 11) is -3.34. The molecular weight excluding hydrogens is 300 g/mol. The Bertz CT molecular complexity index is 586. The van der Waals surface area contributed by atoms with E-state index < -0.39 is 16.1 Å². The predicted molar refractivity (Wildman–Crippen MR) is 79.3 cm³/mol. The predicted octanol–water partition coefficient (Wildman–Crippen LogP) is 2.09. The van der Waals surface area contributed by atoms with Crippen LogP contribution in [-0.4, -0.2) is 37.0 Å². The zero-order valence-corrected chi connectivity index (χ0v) is 12.7. The van der Waals surface area contributed by atoms with Crippen molar-refractivity contribution in [1.82, 2.24) is 4.31 Å². The van der Waals surface area contributed by atoms with Crippen LogP contribution < -0.4 is 5.32 Å². The minimum Gasteiger partial charge on any atom is -0.325 e. The molecule has 0 aliphatic carbocycles. The van der Waals surface area contributed by atoms with E-state index in [1.807, 2.05) is 0 Å². The van der Waals surface area contributed by atoms with Gasteiger partial charge in [0.15, 0.2) is 0 Å². The first kappa shape index (κ1) is 15.3. The van der Waals surface area contributed by atoms with E-state index in [1.54, 1.807) is 31.2 Å². The number of nitrogens with zero attached hydrogens (tertiary/aromatic N) is 1. The minimum absolute atomic E-state index is 0.0116. The summed E-state index contributed by atoms with van der Waals surface area (Å²) in [5, 5.41) is 3.32. The fraction of sp³-hybridized carbons (Fsp3) is 0.462. The van der Waals surface area contributed by atoms with Crippen LogP contribution in [0.3, 0.4) is 0 Å². The average Bonchev–Trinajstić information content (AvgIpc) is 2.91. The summed E-state index contributed by atoms with van der Waals surface area (Å²) in [6.07, 6.45) is 1.26. The molecule has 0 spiro atoms. The summed E-state index contributed by atoms with van der Waals surface area (Å²) in [5.74, 6) is -0.278. The molecule has 1 atom stereocenters. The van der Waals surface area contributed by atoms with Gasteiger partial charge in [0, 0.05) is 17.3 Å². The molecule has 20 heavy (non-hydrogen) atoms. The van der Waals surface area contributed by atoms with Crippen molar-refractivity contribution in [2.45, 2.75) is 25.8 Å². The highest BCUT2D eigenvalue weighted by atomic mass is 35.5. The maximum absolute atomic E-state index is 12.2. The Morgan fingerprint density at radius 3 is 2.65 bits per heavy atom. The lowest BCUT2D eigenvalue weighted by atomic mass is 10.2. The normalized spacial score (nSPS) is 20.0. The van der Waals surface area contributed by atoms with Gasteiger partial charge in [0.25, 0.3) is 0 Å². The first-order valence-electron chi connectivity index (χ1n) is 6.50. The molecule has 1 aromatic rings. The van der Waals surface area contributed by atoms with E-state index in [-0.39, 0.29) is 11.7 Å². The van der Waals surface area contributed by atoms with E-state index in [2.05, 4.69) is 5.32 Å². The lowest BCUT2D eigenvalue weighted by Gasteiger charge is -2.22. The van der Waals surface area contributed by atoms with Crippen LogP contribution in [0.1, 0.15) is 19.8 Å². The third-order valence-corrected chi connectivity index (χ3v) is 5.47. The summed E-state index contributed by atoms with van der Waals surface area (Å²) in [6, 6.07) is 6.11. The Kier molecular flexibility index (Phi) is 4.67. The molecule has 0 bridgehead atoms. The van der Waals surface area contributed by atoms with Gasteiger partial charge in [0.2, 0.25) is 15.9 Å². The van der Waals surface area contributed by atoms with Crippen molar-refractivity contribution in [3.8, 4) is 0 Å². The largest absolute Gasteiger partial charge is 0.325 e. The van der Waals surface area contributed by atoms with Crippen molar-refractivity contribution < 1.29 is 13.2 Å². The molecule has 1 heterocycles. The van der Waals surface area contributed by atoms with Crippen LogP contribution in [0, 0.1) is 0 Å². The van der Waals surface area contributed by atoms with E-state index in [0.29, 0.717) is 30.1 Å². The lowest BCUT2D eigenvalue weighted by Crippen LogP contribution is -2.43. The van der Waals surface area contributed by atoms with Crippen molar-refractivity contribution in [2.75, 3.05) is 17.6 Å². The molecule has 1 N–H and O–H groups in total. The topological polar surface area (TPSA) is 66.5 Å². The number of hydrogen-bond acceptors (Lipinski definition) is 3. The average molecular weight is 317 g/mol. The molecule has 1 aromatic carbocycles. The number of carbonyl (C=O) groups is 1. The summed E-state index contributed by atoms with van der Waals surface area (Å²) < 4.78 is 25.2. The number of sulfonamides is 1. The molecule has 5 nitrogen and oxygen atoms in total. The van der Waals surface area contributed by atoms with Gasteiger partial charge in [-0.3, -0.25) is 4.79 Å². The molecule has 1 amide bonds. The number of hydrogen-bond donors (Lipinski definition) is 1. The summed E-state index contributed by atoms with van der Waals surface area (Å²) in [5.41, 5.74) is 0.611. The highest BCUT2D eigenvalue weighted by Crippen LogP contribution is 2.23. The molecule has 1 aliphatic rings. The monoisotopic (exact) mass is 316 g/mol. The van der Waals surface area contributed by atoms with Crippen LogP contribution in [0.2, 0.25) is 5.02 Å². The quantitative estimate of drug-likeness (QED) is 0.925. The second-order valence-corrected chi connectivity index (χ2v) is 7.31. The molecule has 110 valence electrons. The third kappa shape index (κ3) is 3.31. The Morgan fingerprint density at radius 1 is 1.40 bits per heavy atom. The van der Waals surface area contributed by atoms with Crippen LogP contribution >= 0.6 is 11.6 Å². The molecule has 1 aliphatic heterocycles. The van der Waals surface area contributed by atoms with Crippen LogP contribution in [0.5, 0.6) is 0 Å². The highest BCUT2D eigenvalue weighted by Gasteiger charge is 2.37. The Hall–Kier alpha value is -1.11. The van der Waals surface area contributed by atoms with Crippen LogP contribution in [0.25, 0.3) is 0 Å². The molecule has 2 rings (SSSR count). The number of anilines is 1. The van der Waals surface area contributed by atoms with Gasteiger partial charge in [-0.15, -0.1) is 0 Å². The molecule has 1 saturated heterocycles. The second-order valence-electron chi connectivity index (χ2n) is 4.67. The van der Waals surface area contributed by atoms with Gasteiger partial charge in [0.05, 0.1) is 5.75 Å². The van der Waals surface area contributed by atoms with Crippen molar-refractivity contribution in [3.63, 3.8) is 0 Å². The molecule has 0 radical (unpaired) electrons. The van der Waals surface area contributed by atoms with Crippen molar-refractivity contribution >= 4 is 33.2 Å². The van der Waals surface area contributed by atoms with E-state index in [0.717, 1.165) is 0 Å². The van der Waals surface area contributed by atoms with E-state index in [9.17, 15) is 13.2 Å². The lowest BCUT2D eigenvalue weighted by molar-refractivity contribution is -0.119. The van der Waals surface area contributed by atoms with Crippen molar-refractivity contribution in [3.05, 3.63) is 29.3 Å². The van der Waals surface area contributed by atoms with Gasteiger partial charge in [0.1, 0.15) is 6.04 Å². The summed E-state index contributed by atoms with van der Waals surface area (Å²) in [4.78, 5) is 12.2. The number of rotatable bonds is 4. The Morgan fingerprint density at radius 2 is 2.05 bits per heavy atom. The maximum Gasteiger partial charge on any atom is 0.242 e. The third-order valence-electron chi connectivity index (χ3n) is 3.34. The SMILES string of the molecule is CCS(=O)(=O)N1CCC[C@@H]1C(=O)Nc1ccc(Cl)cc1. The first-order valence-corrected chi connectivity index (χ1v) is 8.48. The smallest absolute Gasteiger partial charge is 0.242 e. The van der Waals surface area contributed by atoms with Gasteiger partial charge in [-0.05, 0) is 44.0 Å². The van der Waals surface area contributed by atoms with Crippen LogP contribution in [0.15, 0.2) is 24.3 Å². The number of nitrogens with one attached hydrogen (secondary N) is 1. The van der Waals surface area contributed by atoms with Crippen molar-refractivity contribution in [2.24, 2.45) is 0 Å². The molecular formula is C13H17ClN2O3S. The Balaban J connectivity index is 2.10. The van der Waals surface area contributed by atoms with E-state index in [4.69, 9.17) is 11.6 Å². The van der Waals surface area contributed by atoms with Crippen LogP contribution in [0.4, 0.5) is 5.69 Å². The second kappa shape index (κ2) is 6.11. The number of halogens is 1. The highest BCUT2D eigenvalue weighted by molar-refractivity contribution is 7.89. The van der Waals surface area contributed by atoms with Crippen LogP contribution in [-0.2, 0) is 14.8 Å². The number of carbonyl (C=O) groups excluding carboxylic acids is 1. The summed E-state index contributed by atoms with van der Waals surface area (Å²) >= 11 is 5.78. The van der Waals surface area contributed by atoms with E-state index in [1.165, 1.54) is 4.31 Å². The van der Waals surface area contributed by atoms with Gasteiger partial charge in [-0.25, -0.2) is 8.42 Å².